The summed E-state index contributed by atoms with van der Waals surface area (Å²) in [5, 5.41) is 11.0. The second kappa shape index (κ2) is 7.46. The van der Waals surface area contributed by atoms with Gasteiger partial charge < -0.3 is 4.74 Å². The molecule has 2 fully saturated rings. The maximum absolute atomic E-state index is 13.8. The van der Waals surface area contributed by atoms with E-state index in [4.69, 9.17) is 4.74 Å². The maximum Gasteiger partial charge on any atom is 0.269 e. The smallest absolute Gasteiger partial charge is 0.269 e. The largest absolute Gasteiger partial charge is 0.349 e. The van der Waals surface area contributed by atoms with E-state index in [2.05, 4.69) is 0 Å². The second-order valence-electron chi connectivity index (χ2n) is 8.82. The molecule has 0 unspecified atom stereocenters. The number of carbonyl (C=O) groups excluding carboxylic acids is 4. The molecule has 1 spiro atoms. The number of ether oxygens (including phenoxy) is 1. The van der Waals surface area contributed by atoms with Gasteiger partial charge in [0.05, 0.1) is 28.6 Å². The summed E-state index contributed by atoms with van der Waals surface area (Å²) in [5.41, 5.74) is -1.92. The van der Waals surface area contributed by atoms with E-state index in [9.17, 15) is 33.7 Å². The van der Waals surface area contributed by atoms with Crippen LogP contribution in [0.5, 0.6) is 0 Å². The van der Waals surface area contributed by atoms with Gasteiger partial charge in [-0.3, -0.25) is 29.3 Å². The lowest BCUT2D eigenvalue weighted by molar-refractivity contribution is -0.384. The van der Waals surface area contributed by atoms with Crippen molar-refractivity contribution < 1.29 is 33.2 Å². The molecular formula is C26H15FN2O7. The molecule has 0 saturated carbocycles. The van der Waals surface area contributed by atoms with Crippen LogP contribution in [0.2, 0.25) is 0 Å². The molecule has 3 atom stereocenters. The van der Waals surface area contributed by atoms with Gasteiger partial charge in [-0.2, -0.15) is 0 Å². The number of ketones is 2. The Hall–Kier alpha value is -4.57. The van der Waals surface area contributed by atoms with Gasteiger partial charge in [0.15, 0.2) is 0 Å². The number of anilines is 1. The number of nitro benzene ring substituents is 1. The fourth-order valence-electron chi connectivity index (χ4n) is 5.45. The van der Waals surface area contributed by atoms with Crippen LogP contribution in [-0.2, 0) is 14.3 Å². The number of rotatable bonds is 3. The number of non-ortho nitro benzene ring substituents is 1. The van der Waals surface area contributed by atoms with Gasteiger partial charge in [-0.25, -0.2) is 9.29 Å². The van der Waals surface area contributed by atoms with Crippen molar-refractivity contribution in [2.75, 3.05) is 4.90 Å². The van der Waals surface area contributed by atoms with Gasteiger partial charge in [0.1, 0.15) is 5.82 Å². The number of Topliss-reactive ketones (excluding diaryl/α,β-unsaturated/α-hetero) is 2. The average molecular weight is 486 g/mol. The third kappa shape index (κ3) is 2.73. The zero-order valence-corrected chi connectivity index (χ0v) is 18.3. The van der Waals surface area contributed by atoms with E-state index < -0.39 is 57.7 Å². The Morgan fingerprint density at radius 1 is 0.833 bits per heavy atom. The molecule has 0 aromatic heterocycles. The zero-order valence-electron chi connectivity index (χ0n) is 18.3. The molecule has 3 aliphatic rings. The van der Waals surface area contributed by atoms with E-state index in [-0.39, 0.29) is 22.5 Å². The van der Waals surface area contributed by atoms with E-state index in [1.165, 1.54) is 36.4 Å². The number of nitro groups is 1. The third-order valence-corrected chi connectivity index (χ3v) is 7.04. The summed E-state index contributed by atoms with van der Waals surface area (Å²) >= 11 is 0. The monoisotopic (exact) mass is 486 g/mol. The minimum absolute atomic E-state index is 0.0633. The fourth-order valence-corrected chi connectivity index (χ4v) is 5.45. The Balaban J connectivity index is 1.51. The number of benzene rings is 3. The Kier molecular flexibility index (Phi) is 4.55. The van der Waals surface area contributed by atoms with E-state index in [0.29, 0.717) is 5.56 Å². The van der Waals surface area contributed by atoms with Crippen molar-refractivity contribution in [1.29, 1.82) is 0 Å². The van der Waals surface area contributed by atoms with Gasteiger partial charge in [0, 0.05) is 23.3 Å². The number of amides is 2. The van der Waals surface area contributed by atoms with Crippen molar-refractivity contribution in [3.63, 3.8) is 0 Å². The summed E-state index contributed by atoms with van der Waals surface area (Å²) in [7, 11) is 0. The molecule has 1 aliphatic carbocycles. The number of imide groups is 1. The molecule has 2 heterocycles. The van der Waals surface area contributed by atoms with Gasteiger partial charge in [-0.15, -0.1) is 0 Å². The molecule has 0 radical (unpaired) electrons. The normalized spacial score (nSPS) is 23.9. The summed E-state index contributed by atoms with van der Waals surface area (Å²) in [5.74, 6) is -6.23. The number of halogens is 1. The SMILES string of the molecule is O=C1[C@@H]2[C@@H](c3ccc(F)cc3)OC3(C(=O)c4ccccc4C3=O)[C@H]2C(=O)N1c1ccc([N+](=O)[O-])cc1. The number of nitrogens with zero attached hydrogens (tertiary/aromatic N) is 2. The molecule has 9 nitrogen and oxygen atoms in total. The first-order chi connectivity index (χ1) is 17.3. The molecule has 36 heavy (non-hydrogen) atoms. The lowest BCUT2D eigenvalue weighted by Gasteiger charge is -2.27. The van der Waals surface area contributed by atoms with Crippen LogP contribution in [-0.4, -0.2) is 33.9 Å². The summed E-state index contributed by atoms with van der Waals surface area (Å²) in [4.78, 5) is 66.0. The summed E-state index contributed by atoms with van der Waals surface area (Å²) in [6.07, 6.45) is -1.18. The minimum atomic E-state index is -2.25. The summed E-state index contributed by atoms with van der Waals surface area (Å²) in [6, 6.07) is 15.9. The van der Waals surface area contributed by atoms with E-state index in [1.54, 1.807) is 12.1 Å². The molecule has 0 bridgehead atoms. The molecule has 2 amide bonds. The predicted octanol–water partition coefficient (Wildman–Crippen LogP) is 3.43. The van der Waals surface area contributed by atoms with Gasteiger partial charge in [0.2, 0.25) is 29.0 Å². The molecular weight excluding hydrogens is 471 g/mol. The van der Waals surface area contributed by atoms with Crippen molar-refractivity contribution in [2.24, 2.45) is 11.8 Å². The number of fused-ring (bicyclic) bond motifs is 3. The Morgan fingerprint density at radius 2 is 1.42 bits per heavy atom. The zero-order chi connectivity index (χ0) is 25.4. The van der Waals surface area contributed by atoms with E-state index in [1.807, 2.05) is 0 Å². The highest BCUT2D eigenvalue weighted by atomic mass is 19.1. The topological polar surface area (TPSA) is 124 Å². The third-order valence-electron chi connectivity index (χ3n) is 7.04. The highest BCUT2D eigenvalue weighted by Crippen LogP contribution is 2.57. The minimum Gasteiger partial charge on any atom is -0.349 e. The first-order valence-electron chi connectivity index (χ1n) is 11.0. The molecule has 6 rings (SSSR count). The predicted molar refractivity (Wildman–Crippen MR) is 121 cm³/mol. The quantitative estimate of drug-likeness (QED) is 0.240. The van der Waals surface area contributed by atoms with Gasteiger partial charge in [0.25, 0.3) is 5.69 Å². The van der Waals surface area contributed by atoms with Crippen LogP contribution in [0, 0.1) is 27.8 Å². The molecule has 178 valence electrons. The Morgan fingerprint density at radius 3 is 1.97 bits per heavy atom. The van der Waals surface area contributed by atoms with Crippen molar-refractivity contribution in [3.8, 4) is 0 Å². The molecule has 3 aromatic carbocycles. The van der Waals surface area contributed by atoms with E-state index in [0.717, 1.165) is 29.2 Å². The lowest BCUT2D eigenvalue weighted by atomic mass is 9.77. The van der Waals surface area contributed by atoms with Crippen LogP contribution >= 0.6 is 0 Å². The van der Waals surface area contributed by atoms with Crippen LogP contribution in [0.15, 0.2) is 72.8 Å². The van der Waals surface area contributed by atoms with E-state index >= 15 is 0 Å². The van der Waals surface area contributed by atoms with Crippen molar-refractivity contribution >= 4 is 34.8 Å². The number of hydrogen-bond donors (Lipinski definition) is 0. The average Bonchev–Trinajstić information content (AvgIpc) is 3.44. The van der Waals surface area contributed by atoms with Crippen LogP contribution in [0.4, 0.5) is 15.8 Å². The Bertz CT molecular complexity index is 1460. The Labute approximate surface area is 202 Å². The summed E-state index contributed by atoms with van der Waals surface area (Å²) in [6.45, 7) is 0. The van der Waals surface area contributed by atoms with Crippen LogP contribution in [0.1, 0.15) is 32.4 Å². The van der Waals surface area contributed by atoms with Crippen molar-refractivity contribution in [2.45, 2.75) is 11.7 Å². The van der Waals surface area contributed by atoms with Gasteiger partial charge >= 0.3 is 0 Å². The highest BCUT2D eigenvalue weighted by molar-refractivity contribution is 6.37. The molecule has 2 aliphatic heterocycles. The van der Waals surface area contributed by atoms with Crippen LogP contribution in [0.25, 0.3) is 0 Å². The van der Waals surface area contributed by atoms with Gasteiger partial charge in [-0.05, 0) is 29.8 Å². The number of carbonyl (C=O) groups is 4. The highest BCUT2D eigenvalue weighted by Gasteiger charge is 2.74. The van der Waals surface area contributed by atoms with Crippen LogP contribution in [0.3, 0.4) is 0 Å². The second-order valence-corrected chi connectivity index (χ2v) is 8.82. The first kappa shape index (κ1) is 21.9. The molecule has 2 saturated heterocycles. The van der Waals surface area contributed by atoms with Crippen molar-refractivity contribution in [3.05, 3.63) is 105 Å². The molecule has 10 heteroatoms. The van der Waals surface area contributed by atoms with Crippen LogP contribution < -0.4 is 4.90 Å². The van der Waals surface area contributed by atoms with Crippen molar-refractivity contribution in [1.82, 2.24) is 0 Å². The summed E-state index contributed by atoms with van der Waals surface area (Å²) < 4.78 is 19.7. The maximum atomic E-state index is 13.8. The fraction of sp³-hybridized carbons (Fsp3) is 0.154. The van der Waals surface area contributed by atoms with Gasteiger partial charge in [-0.1, -0.05) is 36.4 Å². The molecule has 3 aromatic rings. The lowest BCUT2D eigenvalue weighted by Crippen LogP contribution is -2.51. The standard InChI is InChI=1S/C26H15FN2O7/c27-14-7-5-13(6-8-14)21-19-20(26(36-21)22(30)17-3-1-2-4-18(17)23(26)31)25(33)28(24(19)32)15-9-11-16(12-10-15)29(34)35/h1-12,19-21H/t19-,20+,21+/m0/s1. The molecule has 0 N–H and O–H groups in total. The number of hydrogen-bond acceptors (Lipinski definition) is 7. The first-order valence-corrected chi connectivity index (χ1v) is 11.0.